The maximum Gasteiger partial charge on any atom is 0.170 e. The van der Waals surface area contributed by atoms with E-state index in [2.05, 4.69) is 6.92 Å². The van der Waals surface area contributed by atoms with Crippen LogP contribution in [0.25, 0.3) is 0 Å². The Morgan fingerprint density at radius 3 is 2.42 bits per heavy atom. The Labute approximate surface area is 113 Å². The molecule has 1 unspecified atom stereocenters. The molecule has 0 radical (unpaired) electrons. The molecule has 0 heterocycles. The van der Waals surface area contributed by atoms with Gasteiger partial charge in [-0.1, -0.05) is 50.2 Å². The van der Waals surface area contributed by atoms with Crippen LogP contribution in [0.3, 0.4) is 0 Å². The van der Waals surface area contributed by atoms with Gasteiger partial charge in [-0.2, -0.15) is 0 Å². The second-order valence-electron chi connectivity index (χ2n) is 4.69. The van der Waals surface area contributed by atoms with Crippen LogP contribution in [0.2, 0.25) is 0 Å². The van der Waals surface area contributed by atoms with E-state index in [9.17, 15) is 9.18 Å². The lowest BCUT2D eigenvalue weighted by Gasteiger charge is -2.11. The topological polar surface area (TPSA) is 17.1 Å². The first-order chi connectivity index (χ1) is 9.11. The highest BCUT2D eigenvalue weighted by Gasteiger charge is 2.17. The van der Waals surface area contributed by atoms with Crippen LogP contribution in [0, 0.1) is 5.82 Å². The molecule has 0 fully saturated rings. The number of rotatable bonds is 4. The van der Waals surface area contributed by atoms with Gasteiger partial charge in [0, 0.05) is 11.5 Å². The maximum atomic E-state index is 13.2. The van der Waals surface area contributed by atoms with E-state index >= 15 is 0 Å². The zero-order chi connectivity index (χ0) is 13.8. The van der Waals surface area contributed by atoms with E-state index in [0.29, 0.717) is 11.1 Å². The molecule has 2 aromatic carbocycles. The monoisotopic (exact) mass is 256 g/mol. The summed E-state index contributed by atoms with van der Waals surface area (Å²) in [4.78, 5) is 12.3. The number of benzene rings is 2. The molecule has 0 amide bonds. The Kier molecular flexibility index (Phi) is 4.10. The third-order valence-electron chi connectivity index (χ3n) is 3.39. The smallest absolute Gasteiger partial charge is 0.170 e. The van der Waals surface area contributed by atoms with E-state index in [1.807, 2.05) is 31.2 Å². The molecule has 2 rings (SSSR count). The molecule has 0 aliphatic rings. The minimum absolute atomic E-state index is 0.0215. The van der Waals surface area contributed by atoms with E-state index in [1.165, 1.54) is 17.7 Å². The molecule has 0 saturated carbocycles. The second kappa shape index (κ2) is 5.79. The van der Waals surface area contributed by atoms with E-state index in [4.69, 9.17) is 0 Å². The van der Waals surface area contributed by atoms with Crippen molar-refractivity contribution >= 4 is 5.78 Å². The summed E-state index contributed by atoms with van der Waals surface area (Å²) in [6.07, 6.45) is 0.952. The van der Waals surface area contributed by atoms with Gasteiger partial charge in [-0.15, -0.1) is 0 Å². The molecule has 0 spiro atoms. The van der Waals surface area contributed by atoms with Crippen LogP contribution >= 0.6 is 0 Å². The summed E-state index contributed by atoms with van der Waals surface area (Å²) >= 11 is 0. The Balaban J connectivity index is 2.23. The lowest BCUT2D eigenvalue weighted by atomic mass is 9.92. The zero-order valence-electron chi connectivity index (χ0n) is 11.2. The quantitative estimate of drug-likeness (QED) is 0.742. The van der Waals surface area contributed by atoms with E-state index in [-0.39, 0.29) is 17.5 Å². The molecule has 0 aromatic heterocycles. The second-order valence-corrected chi connectivity index (χ2v) is 4.69. The van der Waals surface area contributed by atoms with Crippen molar-refractivity contribution in [3.63, 3.8) is 0 Å². The Bertz CT molecular complexity index is 572. The molecular weight excluding hydrogens is 239 g/mol. The van der Waals surface area contributed by atoms with Gasteiger partial charge in [0.2, 0.25) is 0 Å². The predicted molar refractivity (Wildman–Crippen MR) is 75.0 cm³/mol. The van der Waals surface area contributed by atoms with Crippen molar-refractivity contribution < 1.29 is 9.18 Å². The van der Waals surface area contributed by atoms with Crippen LogP contribution in [0.15, 0.2) is 48.5 Å². The summed E-state index contributed by atoms with van der Waals surface area (Å²) in [6, 6.07) is 13.8. The first-order valence-electron chi connectivity index (χ1n) is 6.50. The fourth-order valence-corrected chi connectivity index (χ4v) is 2.08. The Morgan fingerprint density at radius 2 is 1.84 bits per heavy atom. The fourth-order valence-electron chi connectivity index (χ4n) is 2.08. The first kappa shape index (κ1) is 13.5. The lowest BCUT2D eigenvalue weighted by Crippen LogP contribution is -2.09. The van der Waals surface area contributed by atoms with Crippen molar-refractivity contribution in [3.05, 3.63) is 71.0 Å². The molecule has 0 saturated heterocycles. The van der Waals surface area contributed by atoms with Gasteiger partial charge in [0.25, 0.3) is 0 Å². The van der Waals surface area contributed by atoms with Crippen molar-refractivity contribution in [1.82, 2.24) is 0 Å². The summed E-state index contributed by atoms with van der Waals surface area (Å²) in [5.41, 5.74) is 2.59. The molecule has 1 nitrogen and oxygen atoms in total. The molecule has 2 aromatic rings. The number of Topliss-reactive ketones (excluding diaryl/α,β-unsaturated/α-hetero) is 1. The summed E-state index contributed by atoms with van der Waals surface area (Å²) in [6.45, 7) is 3.89. The molecular formula is C17H17FO. The van der Waals surface area contributed by atoms with Crippen LogP contribution in [-0.2, 0) is 6.42 Å². The normalized spacial score (nSPS) is 12.2. The maximum absolute atomic E-state index is 13.2. The summed E-state index contributed by atoms with van der Waals surface area (Å²) in [7, 11) is 0. The minimum Gasteiger partial charge on any atom is -0.294 e. The molecule has 0 N–H and O–H groups in total. The summed E-state index contributed by atoms with van der Waals surface area (Å²) < 4.78 is 13.2. The van der Waals surface area contributed by atoms with Gasteiger partial charge in [0.1, 0.15) is 5.82 Å². The number of hydrogen-bond acceptors (Lipinski definition) is 1. The van der Waals surface area contributed by atoms with Gasteiger partial charge < -0.3 is 0 Å². The zero-order valence-corrected chi connectivity index (χ0v) is 11.2. The van der Waals surface area contributed by atoms with Crippen LogP contribution in [-0.4, -0.2) is 5.78 Å². The Hall–Kier alpha value is -1.96. The number of ketones is 1. The number of aryl methyl sites for hydroxylation is 1. The highest BCUT2D eigenvalue weighted by molar-refractivity contribution is 6.00. The van der Waals surface area contributed by atoms with Crippen LogP contribution in [0.5, 0.6) is 0 Å². The van der Waals surface area contributed by atoms with Gasteiger partial charge >= 0.3 is 0 Å². The summed E-state index contributed by atoms with van der Waals surface area (Å²) in [5, 5.41) is 0. The lowest BCUT2D eigenvalue weighted by molar-refractivity contribution is 0.0966. The molecule has 2 heteroatoms. The molecule has 0 aliphatic heterocycles. The predicted octanol–water partition coefficient (Wildman–Crippen LogP) is 4.37. The Morgan fingerprint density at radius 1 is 1.16 bits per heavy atom. The summed E-state index contributed by atoms with van der Waals surface area (Å²) in [5.74, 6) is -0.616. The average Bonchev–Trinajstić information content (AvgIpc) is 2.46. The third-order valence-corrected chi connectivity index (χ3v) is 3.39. The van der Waals surface area contributed by atoms with E-state index in [1.54, 1.807) is 12.1 Å². The first-order valence-corrected chi connectivity index (χ1v) is 6.50. The largest absolute Gasteiger partial charge is 0.294 e. The molecule has 19 heavy (non-hydrogen) atoms. The van der Waals surface area contributed by atoms with Crippen LogP contribution in [0.1, 0.15) is 41.3 Å². The van der Waals surface area contributed by atoms with E-state index < -0.39 is 0 Å². The SMILES string of the molecule is CCc1ccc(C(=O)C(C)c2cccc(F)c2)cc1. The van der Waals surface area contributed by atoms with Gasteiger partial charge in [-0.3, -0.25) is 4.79 Å². The highest BCUT2D eigenvalue weighted by atomic mass is 19.1. The van der Waals surface area contributed by atoms with E-state index in [0.717, 1.165) is 6.42 Å². The van der Waals surface area contributed by atoms with Gasteiger partial charge in [-0.25, -0.2) is 4.39 Å². The van der Waals surface area contributed by atoms with Crippen molar-refractivity contribution in [2.24, 2.45) is 0 Å². The highest BCUT2D eigenvalue weighted by Crippen LogP contribution is 2.21. The van der Waals surface area contributed by atoms with Gasteiger partial charge in [-0.05, 0) is 29.7 Å². The molecule has 1 atom stereocenters. The molecule has 0 aliphatic carbocycles. The van der Waals surface area contributed by atoms with Crippen LogP contribution in [0.4, 0.5) is 4.39 Å². The average molecular weight is 256 g/mol. The number of carbonyl (C=O) groups excluding carboxylic acids is 1. The number of carbonyl (C=O) groups is 1. The molecule has 0 bridgehead atoms. The van der Waals surface area contributed by atoms with Crippen molar-refractivity contribution in [1.29, 1.82) is 0 Å². The van der Waals surface area contributed by atoms with Gasteiger partial charge in [0.05, 0.1) is 0 Å². The number of halogens is 1. The van der Waals surface area contributed by atoms with Gasteiger partial charge in [0.15, 0.2) is 5.78 Å². The molecule has 98 valence electrons. The van der Waals surface area contributed by atoms with Crippen molar-refractivity contribution in [3.8, 4) is 0 Å². The fraction of sp³-hybridized carbons (Fsp3) is 0.235. The third kappa shape index (κ3) is 3.08. The van der Waals surface area contributed by atoms with Crippen LogP contribution < -0.4 is 0 Å². The number of hydrogen-bond donors (Lipinski definition) is 0. The van der Waals surface area contributed by atoms with Crippen molar-refractivity contribution in [2.75, 3.05) is 0 Å². The van der Waals surface area contributed by atoms with Crippen molar-refractivity contribution in [2.45, 2.75) is 26.2 Å². The standard InChI is InChI=1S/C17H17FO/c1-3-13-7-9-14(10-8-13)17(19)12(2)15-5-4-6-16(18)11-15/h4-12H,3H2,1-2H3. The minimum atomic E-state index is -0.330.